The van der Waals surface area contributed by atoms with Crippen molar-refractivity contribution in [2.45, 2.75) is 26.3 Å². The fraction of sp³-hybridized carbons (Fsp3) is 0.364. The van der Waals surface area contributed by atoms with Gasteiger partial charge in [-0.3, -0.25) is 0 Å². The molecule has 0 saturated heterocycles. The van der Waals surface area contributed by atoms with Crippen molar-refractivity contribution >= 4 is 0 Å². The van der Waals surface area contributed by atoms with E-state index in [1.165, 1.54) is 0 Å². The Hall–Kier alpha value is -1.53. The summed E-state index contributed by atoms with van der Waals surface area (Å²) in [5.41, 5.74) is 8.69. The van der Waals surface area contributed by atoms with Gasteiger partial charge in [-0.25, -0.2) is 0 Å². The molecule has 1 unspecified atom stereocenters. The standard InChI is InChI=1S/C11H14N2O/c1-7-5-9(14)6-8(2)11(7)10(13)3-4-12/h5-6,10,14H,3,13H2,1-2H3. The van der Waals surface area contributed by atoms with Crippen molar-refractivity contribution in [3.63, 3.8) is 0 Å². The summed E-state index contributed by atoms with van der Waals surface area (Å²) in [5, 5.41) is 17.9. The molecule has 0 bridgehead atoms. The third-order valence-electron chi connectivity index (χ3n) is 2.26. The van der Waals surface area contributed by atoms with Crippen molar-refractivity contribution in [1.29, 1.82) is 5.26 Å². The number of benzene rings is 1. The highest BCUT2D eigenvalue weighted by atomic mass is 16.3. The average Bonchev–Trinajstić information content (AvgIpc) is 2.01. The monoisotopic (exact) mass is 190 g/mol. The van der Waals surface area contributed by atoms with Crippen molar-refractivity contribution in [2.75, 3.05) is 0 Å². The molecule has 0 radical (unpaired) electrons. The van der Waals surface area contributed by atoms with Crippen LogP contribution in [0.25, 0.3) is 0 Å². The Morgan fingerprint density at radius 1 is 1.43 bits per heavy atom. The van der Waals surface area contributed by atoms with E-state index in [9.17, 15) is 5.11 Å². The molecule has 0 fully saturated rings. The first-order chi connectivity index (χ1) is 6.56. The minimum atomic E-state index is -0.263. The summed E-state index contributed by atoms with van der Waals surface area (Å²) in [6, 6.07) is 5.12. The topological polar surface area (TPSA) is 70.0 Å². The van der Waals surface area contributed by atoms with E-state index in [0.29, 0.717) is 6.42 Å². The van der Waals surface area contributed by atoms with Crippen LogP contribution in [-0.4, -0.2) is 5.11 Å². The number of rotatable bonds is 2. The van der Waals surface area contributed by atoms with Crippen molar-refractivity contribution < 1.29 is 5.11 Å². The molecule has 3 heteroatoms. The maximum Gasteiger partial charge on any atom is 0.116 e. The first-order valence-electron chi connectivity index (χ1n) is 4.49. The summed E-state index contributed by atoms with van der Waals surface area (Å²) in [4.78, 5) is 0. The van der Waals surface area contributed by atoms with Crippen molar-refractivity contribution in [3.8, 4) is 11.8 Å². The summed E-state index contributed by atoms with van der Waals surface area (Å²) in [6.45, 7) is 3.78. The van der Waals surface area contributed by atoms with Crippen LogP contribution in [0.1, 0.15) is 29.2 Å². The van der Waals surface area contributed by atoms with Gasteiger partial charge in [0.05, 0.1) is 12.5 Å². The van der Waals surface area contributed by atoms with Gasteiger partial charge in [0.15, 0.2) is 0 Å². The minimum Gasteiger partial charge on any atom is -0.508 e. The van der Waals surface area contributed by atoms with Gasteiger partial charge in [-0.1, -0.05) is 0 Å². The zero-order chi connectivity index (χ0) is 10.7. The lowest BCUT2D eigenvalue weighted by Crippen LogP contribution is -2.12. The minimum absolute atomic E-state index is 0.243. The van der Waals surface area contributed by atoms with Crippen molar-refractivity contribution in [3.05, 3.63) is 28.8 Å². The number of nitrogens with zero attached hydrogens (tertiary/aromatic N) is 1. The summed E-state index contributed by atoms with van der Waals surface area (Å²) in [7, 11) is 0. The summed E-state index contributed by atoms with van der Waals surface area (Å²) in [5.74, 6) is 0.243. The molecular weight excluding hydrogens is 176 g/mol. The molecule has 1 aromatic carbocycles. The zero-order valence-electron chi connectivity index (χ0n) is 8.41. The lowest BCUT2D eigenvalue weighted by atomic mass is 9.95. The number of nitriles is 1. The Morgan fingerprint density at radius 2 is 1.93 bits per heavy atom. The van der Waals surface area contributed by atoms with Crippen molar-refractivity contribution in [1.82, 2.24) is 0 Å². The summed E-state index contributed by atoms with van der Waals surface area (Å²) < 4.78 is 0. The molecule has 14 heavy (non-hydrogen) atoms. The molecule has 0 aliphatic heterocycles. The normalized spacial score (nSPS) is 12.1. The fourth-order valence-corrected chi connectivity index (χ4v) is 1.74. The predicted octanol–water partition coefficient (Wildman–Crippen LogP) is 1.92. The van der Waals surface area contributed by atoms with E-state index < -0.39 is 0 Å². The van der Waals surface area contributed by atoms with E-state index in [4.69, 9.17) is 11.0 Å². The maximum atomic E-state index is 9.32. The van der Waals surface area contributed by atoms with Gasteiger partial charge in [0.1, 0.15) is 5.75 Å². The quantitative estimate of drug-likeness (QED) is 0.748. The predicted molar refractivity (Wildman–Crippen MR) is 54.7 cm³/mol. The molecular formula is C11H14N2O. The fourth-order valence-electron chi connectivity index (χ4n) is 1.74. The molecule has 0 saturated carbocycles. The van der Waals surface area contributed by atoms with E-state index in [0.717, 1.165) is 16.7 Å². The molecule has 0 aliphatic carbocycles. The Bertz CT molecular complexity index is 356. The van der Waals surface area contributed by atoms with Crippen molar-refractivity contribution in [2.24, 2.45) is 5.73 Å². The Labute approximate surface area is 83.8 Å². The number of hydrogen-bond acceptors (Lipinski definition) is 3. The van der Waals surface area contributed by atoms with Gasteiger partial charge < -0.3 is 10.8 Å². The second kappa shape index (κ2) is 4.12. The Kier molecular flexibility index (Phi) is 3.10. The van der Waals surface area contributed by atoms with Gasteiger partial charge in [-0.05, 0) is 42.7 Å². The highest BCUT2D eigenvalue weighted by molar-refractivity contribution is 5.42. The lowest BCUT2D eigenvalue weighted by Gasteiger charge is -2.15. The first-order valence-corrected chi connectivity index (χ1v) is 4.49. The van der Waals surface area contributed by atoms with Crippen LogP contribution < -0.4 is 5.73 Å². The van der Waals surface area contributed by atoms with Gasteiger partial charge in [0.25, 0.3) is 0 Å². The van der Waals surface area contributed by atoms with Crippen LogP contribution in [0.4, 0.5) is 0 Å². The molecule has 74 valence electrons. The number of aromatic hydroxyl groups is 1. The second-order valence-electron chi connectivity index (χ2n) is 3.46. The lowest BCUT2D eigenvalue weighted by molar-refractivity contribution is 0.473. The first kappa shape index (κ1) is 10.6. The number of phenols is 1. The van der Waals surface area contributed by atoms with Crippen LogP contribution in [0.2, 0.25) is 0 Å². The van der Waals surface area contributed by atoms with E-state index in [1.807, 2.05) is 19.9 Å². The van der Waals surface area contributed by atoms with Crippen LogP contribution >= 0.6 is 0 Å². The SMILES string of the molecule is Cc1cc(O)cc(C)c1C(N)CC#N. The van der Waals surface area contributed by atoms with E-state index in [1.54, 1.807) is 12.1 Å². The molecule has 0 spiro atoms. The smallest absolute Gasteiger partial charge is 0.116 e. The number of phenolic OH excluding ortho intramolecular Hbond substituents is 1. The molecule has 3 N–H and O–H groups in total. The summed E-state index contributed by atoms with van der Waals surface area (Å²) in [6.07, 6.45) is 0.298. The maximum absolute atomic E-state index is 9.32. The summed E-state index contributed by atoms with van der Waals surface area (Å²) >= 11 is 0. The highest BCUT2D eigenvalue weighted by Crippen LogP contribution is 2.26. The third kappa shape index (κ3) is 2.04. The van der Waals surface area contributed by atoms with E-state index in [2.05, 4.69) is 0 Å². The van der Waals surface area contributed by atoms with Crippen LogP contribution in [0.15, 0.2) is 12.1 Å². The molecule has 1 aromatic rings. The van der Waals surface area contributed by atoms with Gasteiger partial charge >= 0.3 is 0 Å². The van der Waals surface area contributed by atoms with Gasteiger partial charge in [0, 0.05) is 6.04 Å². The average molecular weight is 190 g/mol. The molecule has 0 aliphatic rings. The number of nitrogens with two attached hydrogens (primary N) is 1. The van der Waals surface area contributed by atoms with Crippen LogP contribution in [0.5, 0.6) is 5.75 Å². The molecule has 0 amide bonds. The van der Waals surface area contributed by atoms with E-state index >= 15 is 0 Å². The van der Waals surface area contributed by atoms with Gasteiger partial charge in [0.2, 0.25) is 0 Å². The van der Waals surface area contributed by atoms with Gasteiger partial charge in [-0.2, -0.15) is 5.26 Å². The number of aryl methyl sites for hydroxylation is 2. The molecule has 1 rings (SSSR count). The van der Waals surface area contributed by atoms with Gasteiger partial charge in [-0.15, -0.1) is 0 Å². The zero-order valence-corrected chi connectivity index (χ0v) is 8.41. The molecule has 0 heterocycles. The van der Waals surface area contributed by atoms with Crippen LogP contribution in [0, 0.1) is 25.2 Å². The highest BCUT2D eigenvalue weighted by Gasteiger charge is 2.12. The van der Waals surface area contributed by atoms with Crippen LogP contribution in [-0.2, 0) is 0 Å². The molecule has 3 nitrogen and oxygen atoms in total. The Morgan fingerprint density at radius 3 is 2.36 bits per heavy atom. The molecule has 1 atom stereocenters. The Balaban J connectivity index is 3.15. The van der Waals surface area contributed by atoms with Crippen LogP contribution in [0.3, 0.4) is 0 Å². The van der Waals surface area contributed by atoms with E-state index in [-0.39, 0.29) is 11.8 Å². The second-order valence-corrected chi connectivity index (χ2v) is 3.46. The third-order valence-corrected chi connectivity index (χ3v) is 2.26. The number of hydrogen-bond donors (Lipinski definition) is 2. The largest absolute Gasteiger partial charge is 0.508 e. The molecule has 0 aromatic heterocycles.